The highest BCUT2D eigenvalue weighted by atomic mass is 16.5. The highest BCUT2D eigenvalue weighted by molar-refractivity contribution is 5.92. The van der Waals surface area contributed by atoms with Crippen LogP contribution in [0.25, 0.3) is 0 Å². The molecule has 2 rings (SSSR count). The summed E-state index contributed by atoms with van der Waals surface area (Å²) in [5.41, 5.74) is 6.37. The second kappa shape index (κ2) is 21.0. The van der Waals surface area contributed by atoms with Gasteiger partial charge in [0.1, 0.15) is 24.7 Å². The Hall–Kier alpha value is -3.87. The zero-order valence-electron chi connectivity index (χ0n) is 27.5. The normalized spacial score (nSPS) is 18.0. The molecule has 2 unspecified atom stereocenters. The van der Waals surface area contributed by atoms with E-state index in [4.69, 9.17) is 10.5 Å². The van der Waals surface area contributed by atoms with Crippen LogP contribution in [0.5, 0.6) is 0 Å². The summed E-state index contributed by atoms with van der Waals surface area (Å²) in [6.45, 7) is 6.67. The second-order valence-corrected chi connectivity index (χ2v) is 12.5. The van der Waals surface area contributed by atoms with Crippen LogP contribution in [0.15, 0.2) is 30.3 Å². The molecule has 0 radical (unpaired) electrons. The fraction of sp³-hybridized carbons (Fsp3) is 0.667. The van der Waals surface area contributed by atoms with E-state index >= 15 is 0 Å². The van der Waals surface area contributed by atoms with Crippen LogP contribution in [0.2, 0.25) is 0 Å². The number of alkyl carbamates (subject to hydrolysis) is 1. The number of unbranched alkanes of at least 4 members (excludes halogenated alkanes) is 2. The number of aliphatic carboxylic acids is 1. The van der Waals surface area contributed by atoms with Crippen molar-refractivity contribution in [2.75, 3.05) is 13.1 Å². The van der Waals surface area contributed by atoms with E-state index in [0.29, 0.717) is 38.1 Å². The van der Waals surface area contributed by atoms with E-state index in [1.165, 1.54) is 0 Å². The molecule has 1 saturated carbocycles. The quantitative estimate of drug-likeness (QED) is 0.111. The average molecular weight is 647 g/mol. The Balaban J connectivity index is 1.99. The van der Waals surface area contributed by atoms with E-state index in [1.54, 1.807) is 0 Å². The van der Waals surface area contributed by atoms with Crippen molar-refractivity contribution in [1.29, 1.82) is 0 Å². The Labute approximate surface area is 272 Å². The molecule has 1 fully saturated rings. The predicted molar refractivity (Wildman–Crippen MR) is 175 cm³/mol. The minimum atomic E-state index is -1.19. The van der Waals surface area contributed by atoms with Gasteiger partial charge in [-0.05, 0) is 75.3 Å². The molecule has 0 saturated heterocycles. The summed E-state index contributed by atoms with van der Waals surface area (Å²) >= 11 is 0. The van der Waals surface area contributed by atoms with E-state index in [-0.39, 0.29) is 43.9 Å². The van der Waals surface area contributed by atoms with Crippen LogP contribution in [0.1, 0.15) is 90.5 Å². The van der Waals surface area contributed by atoms with Crippen LogP contribution in [-0.2, 0) is 25.7 Å². The van der Waals surface area contributed by atoms with Gasteiger partial charge in [0.05, 0.1) is 0 Å². The molecule has 5 amide bonds. The maximum Gasteiger partial charge on any atom is 0.407 e. The van der Waals surface area contributed by atoms with Crippen LogP contribution < -0.4 is 32.3 Å². The van der Waals surface area contributed by atoms with Crippen molar-refractivity contribution in [2.24, 2.45) is 17.6 Å². The minimum Gasteiger partial charge on any atom is -0.480 e. The first kappa shape index (κ1) is 38.3. The maximum absolute atomic E-state index is 13.5. The van der Waals surface area contributed by atoms with Gasteiger partial charge in [-0.3, -0.25) is 9.59 Å². The first-order chi connectivity index (χ1) is 22.0. The fourth-order valence-corrected chi connectivity index (χ4v) is 5.46. The average Bonchev–Trinajstić information content (AvgIpc) is 3.01. The van der Waals surface area contributed by atoms with Gasteiger partial charge in [-0.25, -0.2) is 14.4 Å². The third kappa shape index (κ3) is 14.9. The molecule has 1 aromatic carbocycles. The topological polar surface area (TPSA) is 201 Å². The summed E-state index contributed by atoms with van der Waals surface area (Å²) in [6, 6.07) is 5.52. The number of urea groups is 1. The van der Waals surface area contributed by atoms with E-state index < -0.39 is 42.1 Å². The largest absolute Gasteiger partial charge is 0.480 e. The lowest BCUT2D eigenvalue weighted by atomic mass is 9.87. The lowest BCUT2D eigenvalue weighted by molar-refractivity contribution is -0.139. The first-order valence-corrected chi connectivity index (χ1v) is 16.5. The van der Waals surface area contributed by atoms with Crippen molar-refractivity contribution in [3.05, 3.63) is 35.9 Å². The molecule has 1 aromatic rings. The molecule has 5 atom stereocenters. The van der Waals surface area contributed by atoms with Gasteiger partial charge in [-0.1, -0.05) is 63.9 Å². The summed E-state index contributed by atoms with van der Waals surface area (Å²) in [5, 5.41) is 23.2. The third-order valence-corrected chi connectivity index (χ3v) is 8.10. The predicted octanol–water partition coefficient (Wildman–Crippen LogP) is 3.17. The zero-order chi connectivity index (χ0) is 33.9. The molecular weight excluding hydrogens is 592 g/mol. The van der Waals surface area contributed by atoms with Gasteiger partial charge in [0.15, 0.2) is 0 Å². The number of carboxylic acid groups (broad SMARTS) is 1. The molecule has 46 heavy (non-hydrogen) atoms. The Morgan fingerprint density at radius 1 is 0.913 bits per heavy atom. The fourth-order valence-electron chi connectivity index (χ4n) is 5.46. The van der Waals surface area contributed by atoms with Gasteiger partial charge >= 0.3 is 18.1 Å². The number of nitrogens with two attached hydrogens (primary N) is 1. The smallest absolute Gasteiger partial charge is 0.407 e. The lowest BCUT2D eigenvalue weighted by Gasteiger charge is -2.31. The summed E-state index contributed by atoms with van der Waals surface area (Å²) < 4.78 is 5.21. The van der Waals surface area contributed by atoms with E-state index in [2.05, 4.69) is 33.5 Å². The minimum absolute atomic E-state index is 0.0493. The number of rotatable bonds is 19. The van der Waals surface area contributed by atoms with Crippen LogP contribution in [-0.4, -0.2) is 72.3 Å². The van der Waals surface area contributed by atoms with Gasteiger partial charge in [0.2, 0.25) is 11.8 Å². The van der Waals surface area contributed by atoms with E-state index in [0.717, 1.165) is 31.2 Å². The van der Waals surface area contributed by atoms with Gasteiger partial charge in [-0.2, -0.15) is 0 Å². The Morgan fingerprint density at radius 3 is 2.24 bits per heavy atom. The van der Waals surface area contributed by atoms with Crippen LogP contribution in [0, 0.1) is 11.8 Å². The molecule has 0 bridgehead atoms. The monoisotopic (exact) mass is 646 g/mol. The van der Waals surface area contributed by atoms with E-state index in [1.807, 2.05) is 44.2 Å². The molecule has 0 aliphatic heterocycles. The number of benzene rings is 1. The van der Waals surface area contributed by atoms with Gasteiger partial charge < -0.3 is 42.2 Å². The summed E-state index contributed by atoms with van der Waals surface area (Å²) in [4.78, 5) is 63.4. The molecule has 13 heteroatoms. The standard InChI is InChI=1S/C33H54N6O7/c1-22(2)28(30(41)36-25-15-11-12-23(3)20-25)39-29(40)26(37-32(44)38-27(31(42)43)17-7-9-18-34)16-8-10-19-35-33(45)46-21-24-13-5-4-6-14-24/h4-6,13-14,22-23,25-28H,7-12,15-21,34H2,1-3H3,(H,35,45)(H,36,41)(H,39,40)(H,42,43)(H2,37,38,44)/t23?,25?,26-,27+,28+/m1/s1. The highest BCUT2D eigenvalue weighted by Crippen LogP contribution is 2.23. The lowest BCUT2D eigenvalue weighted by Crippen LogP contribution is -2.58. The molecule has 1 aliphatic carbocycles. The van der Waals surface area contributed by atoms with Crippen LogP contribution in [0.4, 0.5) is 9.59 Å². The maximum atomic E-state index is 13.5. The SMILES string of the molecule is CC1CCCC(NC(=O)[C@@H](NC(=O)[C@@H](CCCCNC(=O)OCc2ccccc2)NC(=O)N[C@@H](CCCCN)C(=O)O)C(C)C)C1. The van der Waals surface area contributed by atoms with Crippen molar-refractivity contribution < 1.29 is 33.8 Å². The van der Waals surface area contributed by atoms with Crippen molar-refractivity contribution in [3.63, 3.8) is 0 Å². The number of carbonyl (C=O) groups is 5. The first-order valence-electron chi connectivity index (χ1n) is 16.5. The van der Waals surface area contributed by atoms with Crippen LogP contribution >= 0.6 is 0 Å². The van der Waals surface area contributed by atoms with Gasteiger partial charge in [0.25, 0.3) is 0 Å². The molecule has 0 aromatic heterocycles. The molecule has 0 heterocycles. The second-order valence-electron chi connectivity index (χ2n) is 12.5. The molecule has 1 aliphatic rings. The summed E-state index contributed by atoms with van der Waals surface area (Å²) in [6.07, 6.45) is 5.82. The van der Waals surface area contributed by atoms with Gasteiger partial charge in [0, 0.05) is 12.6 Å². The Kier molecular flexibility index (Phi) is 17.5. The number of nitrogens with one attached hydrogen (secondary N) is 5. The molecule has 13 nitrogen and oxygen atoms in total. The molecule has 258 valence electrons. The third-order valence-electron chi connectivity index (χ3n) is 8.10. The van der Waals surface area contributed by atoms with Crippen LogP contribution in [0.3, 0.4) is 0 Å². The number of amides is 5. The van der Waals surface area contributed by atoms with Crippen molar-refractivity contribution in [3.8, 4) is 0 Å². The molecular formula is C33H54N6O7. The number of carboxylic acids is 1. The van der Waals surface area contributed by atoms with Crippen molar-refractivity contribution >= 4 is 29.9 Å². The zero-order valence-corrected chi connectivity index (χ0v) is 27.5. The summed E-state index contributed by atoms with van der Waals surface area (Å²) in [5.74, 6) is -1.71. The van der Waals surface area contributed by atoms with Crippen molar-refractivity contribution in [2.45, 2.75) is 116 Å². The number of hydrogen-bond donors (Lipinski definition) is 7. The summed E-state index contributed by atoms with van der Waals surface area (Å²) in [7, 11) is 0. The molecule has 8 N–H and O–H groups in total. The van der Waals surface area contributed by atoms with Crippen molar-refractivity contribution in [1.82, 2.24) is 26.6 Å². The Morgan fingerprint density at radius 2 is 1.59 bits per heavy atom. The Bertz CT molecular complexity index is 1100. The highest BCUT2D eigenvalue weighted by Gasteiger charge is 2.31. The molecule has 0 spiro atoms. The van der Waals surface area contributed by atoms with E-state index in [9.17, 15) is 29.1 Å². The number of carbonyl (C=O) groups excluding carboxylic acids is 4. The number of hydrogen-bond acceptors (Lipinski definition) is 7. The number of ether oxygens (including phenoxy) is 1. The van der Waals surface area contributed by atoms with Gasteiger partial charge in [-0.15, -0.1) is 0 Å².